The molecule has 5 heteroatoms. The second kappa shape index (κ2) is 6.55. The fourth-order valence-corrected chi connectivity index (χ4v) is 2.99. The Bertz CT molecular complexity index is 495. The van der Waals surface area contributed by atoms with E-state index >= 15 is 0 Å². The van der Waals surface area contributed by atoms with Crippen LogP contribution >= 0.6 is 11.6 Å². The Morgan fingerprint density at radius 2 is 2.30 bits per heavy atom. The third-order valence-corrected chi connectivity index (χ3v) is 4.41. The van der Waals surface area contributed by atoms with Crippen molar-refractivity contribution in [3.05, 3.63) is 34.6 Å². The molecule has 1 aliphatic rings. The summed E-state index contributed by atoms with van der Waals surface area (Å²) in [5.41, 5.74) is 5.81. The number of carbonyl (C=O) groups excluding carboxylic acids is 1. The van der Waals surface area contributed by atoms with Gasteiger partial charge in [-0.15, -0.1) is 0 Å². The fraction of sp³-hybridized carbons (Fsp3) is 0.533. The van der Waals surface area contributed by atoms with Gasteiger partial charge < -0.3 is 10.6 Å². The molecule has 0 spiro atoms. The van der Waals surface area contributed by atoms with E-state index in [4.69, 9.17) is 17.3 Å². The highest BCUT2D eigenvalue weighted by Gasteiger charge is 2.31. The molecule has 2 rings (SSSR count). The monoisotopic (exact) mass is 298 g/mol. The minimum atomic E-state index is -0.646. The molecule has 1 aliphatic heterocycles. The molecule has 3 nitrogen and oxygen atoms in total. The lowest BCUT2D eigenvalue weighted by molar-refractivity contribution is 0.0554. The maximum atomic E-state index is 14.0. The van der Waals surface area contributed by atoms with Crippen LogP contribution in [0.25, 0.3) is 0 Å². The van der Waals surface area contributed by atoms with Crippen LogP contribution in [-0.2, 0) is 0 Å². The summed E-state index contributed by atoms with van der Waals surface area (Å²) in [7, 11) is 0. The van der Waals surface area contributed by atoms with Gasteiger partial charge in [0, 0.05) is 19.1 Å². The van der Waals surface area contributed by atoms with Crippen LogP contribution < -0.4 is 5.73 Å². The highest BCUT2D eigenvalue weighted by atomic mass is 35.5. The lowest BCUT2D eigenvalue weighted by atomic mass is 9.88. The van der Waals surface area contributed by atoms with E-state index in [1.807, 2.05) is 0 Å². The molecule has 2 unspecified atom stereocenters. The summed E-state index contributed by atoms with van der Waals surface area (Å²) < 4.78 is 14.0. The Morgan fingerprint density at radius 3 is 2.95 bits per heavy atom. The van der Waals surface area contributed by atoms with Gasteiger partial charge in [0.25, 0.3) is 5.91 Å². The van der Waals surface area contributed by atoms with Crippen molar-refractivity contribution in [2.45, 2.75) is 32.2 Å². The molecule has 1 amide bonds. The molecule has 0 aromatic heterocycles. The van der Waals surface area contributed by atoms with Gasteiger partial charge in [-0.25, -0.2) is 4.39 Å². The van der Waals surface area contributed by atoms with Crippen LogP contribution in [0.5, 0.6) is 0 Å². The van der Waals surface area contributed by atoms with Crippen LogP contribution in [0.15, 0.2) is 18.2 Å². The van der Waals surface area contributed by atoms with Gasteiger partial charge in [0.05, 0.1) is 10.6 Å². The molecule has 1 fully saturated rings. The van der Waals surface area contributed by atoms with Crippen LogP contribution in [0.3, 0.4) is 0 Å². The number of hydrogen-bond donors (Lipinski definition) is 1. The molecule has 2 atom stereocenters. The molecule has 0 bridgehead atoms. The molecule has 0 aliphatic carbocycles. The number of hydrogen-bond acceptors (Lipinski definition) is 2. The average molecular weight is 299 g/mol. The van der Waals surface area contributed by atoms with Gasteiger partial charge in [-0.3, -0.25) is 4.79 Å². The molecular weight excluding hydrogens is 279 g/mol. The average Bonchev–Trinajstić information content (AvgIpc) is 2.48. The maximum Gasteiger partial charge on any atom is 0.257 e. The summed E-state index contributed by atoms with van der Waals surface area (Å²) >= 11 is 5.74. The van der Waals surface area contributed by atoms with Gasteiger partial charge in [-0.05, 0) is 30.9 Å². The first-order valence-electron chi connectivity index (χ1n) is 7.03. The molecule has 0 saturated carbocycles. The van der Waals surface area contributed by atoms with Crippen LogP contribution in [0.2, 0.25) is 5.02 Å². The highest BCUT2D eigenvalue weighted by molar-refractivity contribution is 6.31. The van der Waals surface area contributed by atoms with Gasteiger partial charge in [-0.2, -0.15) is 0 Å². The predicted octanol–water partition coefficient (Wildman–Crippen LogP) is 3.07. The number of rotatable bonds is 3. The Hall–Kier alpha value is -1.13. The van der Waals surface area contributed by atoms with Gasteiger partial charge in [0.15, 0.2) is 5.82 Å². The number of benzene rings is 1. The summed E-state index contributed by atoms with van der Waals surface area (Å²) in [4.78, 5) is 14.2. The third kappa shape index (κ3) is 2.96. The second-order valence-corrected chi connectivity index (χ2v) is 5.70. The topological polar surface area (TPSA) is 46.3 Å². The summed E-state index contributed by atoms with van der Waals surface area (Å²) in [6, 6.07) is 4.49. The highest BCUT2D eigenvalue weighted by Crippen LogP contribution is 2.27. The first kappa shape index (κ1) is 15.3. The van der Waals surface area contributed by atoms with Crippen molar-refractivity contribution in [3.8, 4) is 0 Å². The van der Waals surface area contributed by atoms with E-state index in [9.17, 15) is 9.18 Å². The van der Waals surface area contributed by atoms with Crippen LogP contribution in [-0.4, -0.2) is 29.9 Å². The lowest BCUT2D eigenvalue weighted by Gasteiger charge is -2.39. The van der Waals surface area contributed by atoms with Crippen molar-refractivity contribution >= 4 is 17.5 Å². The maximum absolute atomic E-state index is 14.0. The lowest BCUT2D eigenvalue weighted by Crippen LogP contribution is -2.49. The standard InChI is InChI=1S/C15H20ClFN2O/c1-2-10-6-7-19(11(8-10)9-18)15(20)12-4-3-5-13(16)14(12)17/h3-5,10-11H,2,6-9,18H2,1H3. The number of nitrogens with two attached hydrogens (primary N) is 1. The molecule has 20 heavy (non-hydrogen) atoms. The van der Waals surface area contributed by atoms with Crippen LogP contribution in [0.4, 0.5) is 4.39 Å². The van der Waals surface area contributed by atoms with Gasteiger partial charge >= 0.3 is 0 Å². The summed E-state index contributed by atoms with van der Waals surface area (Å²) in [6.45, 7) is 3.18. The zero-order valence-corrected chi connectivity index (χ0v) is 12.4. The Morgan fingerprint density at radius 1 is 1.55 bits per heavy atom. The van der Waals surface area contributed by atoms with Crippen molar-refractivity contribution in [1.29, 1.82) is 0 Å². The SMILES string of the molecule is CCC1CCN(C(=O)c2cccc(Cl)c2F)C(CN)C1. The number of likely N-dealkylation sites (tertiary alicyclic amines) is 1. The van der Waals surface area contributed by atoms with E-state index in [-0.39, 0.29) is 22.5 Å². The first-order chi connectivity index (χ1) is 9.58. The van der Waals surface area contributed by atoms with E-state index < -0.39 is 5.82 Å². The molecule has 1 aromatic rings. The molecule has 1 saturated heterocycles. The molecule has 110 valence electrons. The van der Waals surface area contributed by atoms with Crippen molar-refractivity contribution in [2.24, 2.45) is 11.7 Å². The first-order valence-corrected chi connectivity index (χ1v) is 7.41. The summed E-state index contributed by atoms with van der Waals surface area (Å²) in [5.74, 6) is -0.362. The van der Waals surface area contributed by atoms with Crippen LogP contribution in [0, 0.1) is 11.7 Å². The number of halogens is 2. The van der Waals surface area contributed by atoms with E-state index in [1.54, 1.807) is 11.0 Å². The van der Waals surface area contributed by atoms with Gasteiger partial charge in [-0.1, -0.05) is 31.0 Å². The zero-order valence-electron chi connectivity index (χ0n) is 11.6. The summed E-state index contributed by atoms with van der Waals surface area (Å²) in [5, 5.41) is -0.0245. The van der Waals surface area contributed by atoms with E-state index in [2.05, 4.69) is 6.92 Å². The Balaban J connectivity index is 2.22. The molecule has 1 heterocycles. The molecule has 1 aromatic carbocycles. The number of carbonyl (C=O) groups is 1. The fourth-order valence-electron chi connectivity index (χ4n) is 2.82. The normalized spacial score (nSPS) is 22.9. The molecular formula is C15H20ClFN2O. The second-order valence-electron chi connectivity index (χ2n) is 5.29. The number of amides is 1. The predicted molar refractivity (Wildman–Crippen MR) is 78.3 cm³/mol. The summed E-state index contributed by atoms with van der Waals surface area (Å²) in [6.07, 6.45) is 2.92. The van der Waals surface area contributed by atoms with Gasteiger partial charge in [0.1, 0.15) is 0 Å². The van der Waals surface area contributed by atoms with Crippen molar-refractivity contribution in [1.82, 2.24) is 4.90 Å². The van der Waals surface area contributed by atoms with Crippen molar-refractivity contribution in [2.75, 3.05) is 13.1 Å². The van der Waals surface area contributed by atoms with Crippen LogP contribution in [0.1, 0.15) is 36.5 Å². The Kier molecular flexibility index (Phi) is 5.00. The largest absolute Gasteiger partial charge is 0.334 e. The number of nitrogens with zero attached hydrogens (tertiary/aromatic N) is 1. The molecule has 2 N–H and O–H groups in total. The van der Waals surface area contributed by atoms with E-state index in [1.165, 1.54) is 12.1 Å². The minimum absolute atomic E-state index is 0.0143. The van der Waals surface area contributed by atoms with E-state index in [0.29, 0.717) is 19.0 Å². The Labute approximate surface area is 123 Å². The minimum Gasteiger partial charge on any atom is -0.334 e. The van der Waals surface area contributed by atoms with Gasteiger partial charge in [0.2, 0.25) is 0 Å². The number of piperidine rings is 1. The quantitative estimate of drug-likeness (QED) is 0.932. The zero-order chi connectivity index (χ0) is 14.7. The smallest absolute Gasteiger partial charge is 0.257 e. The molecule has 0 radical (unpaired) electrons. The van der Waals surface area contributed by atoms with Crippen molar-refractivity contribution < 1.29 is 9.18 Å². The third-order valence-electron chi connectivity index (χ3n) is 4.12. The van der Waals surface area contributed by atoms with Crippen molar-refractivity contribution in [3.63, 3.8) is 0 Å². The van der Waals surface area contributed by atoms with E-state index in [0.717, 1.165) is 19.3 Å².